The van der Waals surface area contributed by atoms with Gasteiger partial charge in [0.25, 0.3) is 0 Å². The van der Waals surface area contributed by atoms with E-state index in [0.29, 0.717) is 0 Å². The fourth-order valence-corrected chi connectivity index (χ4v) is 1.65. The van der Waals surface area contributed by atoms with Crippen molar-refractivity contribution < 1.29 is 29.0 Å². The van der Waals surface area contributed by atoms with Crippen LogP contribution >= 0.6 is 0 Å². The Hall–Kier alpha value is -2.61. The van der Waals surface area contributed by atoms with Gasteiger partial charge in [0, 0.05) is 0 Å². The Morgan fingerprint density at radius 2 is 1.83 bits per heavy atom. The second-order valence-corrected chi connectivity index (χ2v) is 4.69. The van der Waals surface area contributed by atoms with Crippen LogP contribution in [-0.2, 0) is 25.7 Å². The highest BCUT2D eigenvalue weighted by Gasteiger charge is 2.24. The number of hydrogen-bond donors (Lipinski definition) is 3. The first kappa shape index (κ1) is 18.4. The van der Waals surface area contributed by atoms with Gasteiger partial charge in [-0.05, 0) is 12.5 Å². The third-order valence-corrected chi connectivity index (χ3v) is 2.92. The topological polar surface area (TPSA) is 114 Å². The summed E-state index contributed by atoms with van der Waals surface area (Å²) in [6.07, 6.45) is -0.853. The lowest BCUT2D eigenvalue weighted by Gasteiger charge is -2.18. The lowest BCUT2D eigenvalue weighted by Crippen LogP contribution is -2.52. The molecule has 0 saturated carbocycles. The number of benzene rings is 1. The molecule has 23 heavy (non-hydrogen) atoms. The molecule has 0 fully saturated rings. The van der Waals surface area contributed by atoms with Crippen molar-refractivity contribution in [1.29, 1.82) is 0 Å². The van der Waals surface area contributed by atoms with E-state index in [1.165, 1.54) is 14.0 Å². The summed E-state index contributed by atoms with van der Waals surface area (Å²) in [7, 11) is 1.19. The van der Waals surface area contributed by atoms with Gasteiger partial charge in [-0.1, -0.05) is 30.3 Å². The summed E-state index contributed by atoms with van der Waals surface area (Å²) in [6.45, 7) is 0.817. The van der Waals surface area contributed by atoms with Crippen LogP contribution in [0.15, 0.2) is 30.3 Å². The predicted octanol–water partition coefficient (Wildman–Crippen LogP) is -0.0486. The minimum Gasteiger partial charge on any atom is -0.467 e. The molecule has 0 radical (unpaired) electrons. The first-order chi connectivity index (χ1) is 11.0. The second-order valence-electron chi connectivity index (χ2n) is 4.69. The highest BCUT2D eigenvalue weighted by molar-refractivity contribution is 5.89. The Bertz CT molecular complexity index is 534. The number of aliphatic hydroxyl groups is 1. The number of nitrogens with one attached hydrogen (secondary N) is 2. The van der Waals surface area contributed by atoms with Gasteiger partial charge in [0.05, 0.1) is 13.7 Å². The van der Waals surface area contributed by atoms with Crippen LogP contribution in [0.5, 0.6) is 0 Å². The molecule has 0 aliphatic carbocycles. The maximum atomic E-state index is 11.9. The van der Waals surface area contributed by atoms with E-state index in [1.807, 2.05) is 6.07 Å². The molecule has 0 spiro atoms. The summed E-state index contributed by atoms with van der Waals surface area (Å²) in [6, 6.07) is 6.86. The number of hydrogen-bond acceptors (Lipinski definition) is 6. The van der Waals surface area contributed by atoms with Gasteiger partial charge in [0.2, 0.25) is 5.91 Å². The van der Waals surface area contributed by atoms with Crippen molar-refractivity contribution >= 4 is 18.0 Å². The van der Waals surface area contributed by atoms with E-state index in [0.717, 1.165) is 5.56 Å². The standard InChI is InChI=1S/C15H20N2O6/c1-10(14(20)22-2)16-13(19)12(8-18)17-15(21)23-9-11-6-4-3-5-7-11/h3-7,10,12,18H,8-9H2,1-2H3,(H,16,19)(H,17,21). The normalized spacial score (nSPS) is 12.7. The second kappa shape index (κ2) is 9.42. The van der Waals surface area contributed by atoms with E-state index in [2.05, 4.69) is 15.4 Å². The zero-order valence-corrected chi connectivity index (χ0v) is 12.9. The van der Waals surface area contributed by atoms with Crippen LogP contribution in [0, 0.1) is 0 Å². The molecule has 0 aromatic heterocycles. The van der Waals surface area contributed by atoms with Gasteiger partial charge >= 0.3 is 12.1 Å². The lowest BCUT2D eigenvalue weighted by atomic mass is 10.2. The summed E-state index contributed by atoms with van der Waals surface area (Å²) in [4.78, 5) is 34.7. The van der Waals surface area contributed by atoms with E-state index in [1.54, 1.807) is 24.3 Å². The van der Waals surface area contributed by atoms with Crippen LogP contribution in [-0.4, -0.2) is 48.9 Å². The average Bonchev–Trinajstić information content (AvgIpc) is 2.57. The fraction of sp³-hybridized carbons (Fsp3) is 0.400. The average molecular weight is 324 g/mol. The van der Waals surface area contributed by atoms with Gasteiger partial charge in [0.1, 0.15) is 18.7 Å². The third-order valence-electron chi connectivity index (χ3n) is 2.92. The number of esters is 1. The zero-order valence-electron chi connectivity index (χ0n) is 12.9. The summed E-state index contributed by atoms with van der Waals surface area (Å²) in [5, 5.41) is 13.7. The van der Waals surface area contributed by atoms with Crippen molar-refractivity contribution in [3.05, 3.63) is 35.9 Å². The van der Waals surface area contributed by atoms with Gasteiger partial charge in [-0.25, -0.2) is 9.59 Å². The van der Waals surface area contributed by atoms with Crippen LogP contribution in [0.3, 0.4) is 0 Å². The predicted molar refractivity (Wildman–Crippen MR) is 80.3 cm³/mol. The number of amides is 2. The number of methoxy groups -OCH3 is 1. The molecule has 0 aliphatic rings. The minimum absolute atomic E-state index is 0.0327. The largest absolute Gasteiger partial charge is 0.467 e. The Kier molecular flexibility index (Phi) is 7.55. The van der Waals surface area contributed by atoms with E-state index in [4.69, 9.17) is 4.74 Å². The third kappa shape index (κ3) is 6.35. The highest BCUT2D eigenvalue weighted by atomic mass is 16.5. The van der Waals surface area contributed by atoms with Crippen LogP contribution in [0.1, 0.15) is 12.5 Å². The molecule has 0 bridgehead atoms. The molecule has 0 aliphatic heterocycles. The summed E-state index contributed by atoms with van der Waals surface area (Å²) < 4.78 is 9.42. The van der Waals surface area contributed by atoms with Crippen LogP contribution < -0.4 is 10.6 Å². The first-order valence-electron chi connectivity index (χ1n) is 6.94. The summed E-state index contributed by atoms with van der Waals surface area (Å²) in [5.74, 6) is -1.36. The Balaban J connectivity index is 2.46. The Morgan fingerprint density at radius 3 is 2.39 bits per heavy atom. The van der Waals surface area contributed by atoms with Gasteiger partial charge in [-0.2, -0.15) is 0 Å². The summed E-state index contributed by atoms with van der Waals surface area (Å²) in [5.41, 5.74) is 0.784. The molecule has 2 atom stereocenters. The fourth-order valence-electron chi connectivity index (χ4n) is 1.65. The molecule has 1 aromatic rings. The monoisotopic (exact) mass is 324 g/mol. The van der Waals surface area contributed by atoms with Gasteiger partial charge in [0.15, 0.2) is 0 Å². The number of carbonyl (C=O) groups is 3. The maximum Gasteiger partial charge on any atom is 0.408 e. The van der Waals surface area contributed by atoms with Crippen LogP contribution in [0.25, 0.3) is 0 Å². The molecule has 1 aromatic carbocycles. The molecule has 8 heteroatoms. The molecule has 126 valence electrons. The zero-order chi connectivity index (χ0) is 17.2. The van der Waals surface area contributed by atoms with Crippen molar-refractivity contribution in [3.63, 3.8) is 0 Å². The van der Waals surface area contributed by atoms with Gasteiger partial charge in [-0.3, -0.25) is 4.79 Å². The number of aliphatic hydroxyl groups excluding tert-OH is 1. The van der Waals surface area contributed by atoms with E-state index >= 15 is 0 Å². The van der Waals surface area contributed by atoms with Crippen LogP contribution in [0.2, 0.25) is 0 Å². The van der Waals surface area contributed by atoms with Crippen molar-refractivity contribution in [3.8, 4) is 0 Å². The van der Waals surface area contributed by atoms with E-state index in [-0.39, 0.29) is 6.61 Å². The molecule has 2 amide bonds. The molecular formula is C15H20N2O6. The first-order valence-corrected chi connectivity index (χ1v) is 6.94. The summed E-state index contributed by atoms with van der Waals surface area (Å²) >= 11 is 0. The minimum atomic E-state index is -1.23. The molecule has 0 saturated heterocycles. The van der Waals surface area contributed by atoms with Crippen molar-refractivity contribution in [1.82, 2.24) is 10.6 Å². The maximum absolute atomic E-state index is 11.9. The molecule has 1 rings (SSSR count). The van der Waals surface area contributed by atoms with E-state index in [9.17, 15) is 19.5 Å². The number of ether oxygens (including phenoxy) is 2. The Morgan fingerprint density at radius 1 is 1.17 bits per heavy atom. The van der Waals surface area contributed by atoms with Gasteiger partial charge in [-0.15, -0.1) is 0 Å². The molecular weight excluding hydrogens is 304 g/mol. The number of rotatable bonds is 7. The number of carbonyl (C=O) groups excluding carboxylic acids is 3. The van der Waals surface area contributed by atoms with E-state index < -0.39 is 36.7 Å². The number of alkyl carbamates (subject to hydrolysis) is 1. The highest BCUT2D eigenvalue weighted by Crippen LogP contribution is 2.01. The molecule has 8 nitrogen and oxygen atoms in total. The molecule has 0 heterocycles. The Labute approximate surface area is 133 Å². The van der Waals surface area contributed by atoms with Crippen molar-refractivity contribution in [2.75, 3.05) is 13.7 Å². The molecule has 3 N–H and O–H groups in total. The molecule has 2 unspecified atom stereocenters. The smallest absolute Gasteiger partial charge is 0.408 e. The van der Waals surface area contributed by atoms with Crippen LogP contribution in [0.4, 0.5) is 4.79 Å². The SMILES string of the molecule is COC(=O)C(C)NC(=O)C(CO)NC(=O)OCc1ccccc1. The van der Waals surface area contributed by atoms with Crippen molar-refractivity contribution in [2.24, 2.45) is 0 Å². The van der Waals surface area contributed by atoms with Gasteiger partial charge < -0.3 is 25.2 Å². The van der Waals surface area contributed by atoms with Crippen molar-refractivity contribution in [2.45, 2.75) is 25.6 Å². The quantitative estimate of drug-likeness (QED) is 0.606. The lowest BCUT2D eigenvalue weighted by molar-refractivity contribution is -0.144.